The van der Waals surface area contributed by atoms with E-state index in [9.17, 15) is 38.5 Å². The molecular weight excluding hydrogens is 465 g/mol. The van der Waals surface area contributed by atoms with Crippen LogP contribution in [0.1, 0.15) is 6.23 Å². The number of nitrogens with one attached hydrogen (secondary N) is 1. The topological polar surface area (TPSA) is 273 Å². The van der Waals surface area contributed by atoms with Crippen LogP contribution >= 0.6 is 23.3 Å². The Morgan fingerprint density at radius 2 is 1.86 bits per heavy atom. The molecule has 6 atom stereocenters. The standard InChI is InChI=1S/C9H17N4O13P3/c10-5-1-2-13(9(16)11-5)8-7(6(15)4(3-14)24-8)25-27(17,18)12-28(19,20)26-29(21,22)23/h1-2,4,6-8,14-15H,3H2,(H2,10,11,16)(H2,21,22,23)(H3,12,17,18,19,20)/t4-,6-,7-,8-/m1/s1. The van der Waals surface area contributed by atoms with E-state index in [-0.39, 0.29) is 5.82 Å². The molecule has 0 radical (unpaired) electrons. The second-order valence-corrected chi connectivity index (χ2v) is 10.3. The molecule has 1 aliphatic heterocycles. The Kier molecular flexibility index (Phi) is 7.20. The Morgan fingerprint density at radius 3 is 2.38 bits per heavy atom. The van der Waals surface area contributed by atoms with Crippen molar-refractivity contribution in [2.45, 2.75) is 24.5 Å². The number of aromatic nitrogens is 2. The van der Waals surface area contributed by atoms with E-state index in [1.165, 1.54) is 0 Å². The zero-order chi connectivity index (χ0) is 22.2. The summed E-state index contributed by atoms with van der Waals surface area (Å²) in [7, 11) is -16.5. The van der Waals surface area contributed by atoms with Crippen molar-refractivity contribution in [2.24, 2.45) is 0 Å². The van der Waals surface area contributed by atoms with Crippen LogP contribution in [0.25, 0.3) is 0 Å². The van der Waals surface area contributed by atoms with Gasteiger partial charge in [0.15, 0.2) is 6.23 Å². The molecule has 0 aromatic carbocycles. The highest BCUT2D eigenvalue weighted by molar-refractivity contribution is 7.70. The molecule has 17 nitrogen and oxygen atoms in total. The van der Waals surface area contributed by atoms with Crippen molar-refractivity contribution < 1.29 is 57.1 Å². The van der Waals surface area contributed by atoms with Crippen LogP contribution < -0.4 is 16.3 Å². The van der Waals surface area contributed by atoms with E-state index >= 15 is 0 Å². The van der Waals surface area contributed by atoms with Gasteiger partial charge in [-0.15, -0.1) is 4.86 Å². The normalized spacial score (nSPS) is 29.3. The van der Waals surface area contributed by atoms with E-state index < -0.39 is 60.2 Å². The van der Waals surface area contributed by atoms with Gasteiger partial charge in [0.05, 0.1) is 6.61 Å². The summed E-state index contributed by atoms with van der Waals surface area (Å²) < 4.78 is 48.4. The molecule has 20 heteroatoms. The summed E-state index contributed by atoms with van der Waals surface area (Å²) in [5, 5.41) is 19.4. The third-order valence-corrected chi connectivity index (χ3v) is 7.64. The summed E-state index contributed by atoms with van der Waals surface area (Å²) in [5.41, 5.74) is 4.33. The SMILES string of the molecule is Nc1ccn([C@@H]2O[C@H](CO)[C@@H](O)[C@H]2OP(=O)(O)NP(=O)(O)OP(=O)(O)O)c(=O)n1. The minimum atomic E-state index is -5.56. The molecule has 1 aromatic heterocycles. The largest absolute Gasteiger partial charge is 0.477 e. The first-order chi connectivity index (χ1) is 13.1. The number of anilines is 1. The molecule has 0 amide bonds. The van der Waals surface area contributed by atoms with Crippen molar-refractivity contribution >= 4 is 29.1 Å². The van der Waals surface area contributed by atoms with Crippen molar-refractivity contribution in [1.29, 1.82) is 0 Å². The molecule has 0 bridgehead atoms. The summed E-state index contributed by atoms with van der Waals surface area (Å²) in [6, 6.07) is 1.15. The zero-order valence-corrected chi connectivity index (χ0v) is 16.7. The van der Waals surface area contributed by atoms with Crippen LogP contribution in [0.5, 0.6) is 0 Å². The first-order valence-corrected chi connectivity index (χ1v) is 12.0. The summed E-state index contributed by atoms with van der Waals surface area (Å²) in [6.07, 6.45) is -5.72. The molecule has 0 saturated carbocycles. The smallest absolute Gasteiger partial charge is 0.394 e. The van der Waals surface area contributed by atoms with Gasteiger partial charge in [-0.2, -0.15) is 9.29 Å². The molecule has 2 unspecified atom stereocenters. The monoisotopic (exact) mass is 482 g/mol. The third kappa shape index (κ3) is 6.47. The number of hydrogen-bond acceptors (Lipinski definition) is 11. The fourth-order valence-corrected chi connectivity index (χ4v) is 5.99. The number of phosphoric acid groups is 1. The highest BCUT2D eigenvalue weighted by Crippen LogP contribution is 2.60. The van der Waals surface area contributed by atoms with Gasteiger partial charge in [-0.05, 0) is 6.07 Å². The lowest BCUT2D eigenvalue weighted by Crippen LogP contribution is -2.38. The van der Waals surface area contributed by atoms with Gasteiger partial charge in [0.1, 0.15) is 24.1 Å². The van der Waals surface area contributed by atoms with Crippen LogP contribution in [0.2, 0.25) is 0 Å². The van der Waals surface area contributed by atoms with Gasteiger partial charge in [-0.3, -0.25) is 9.09 Å². The minimum absolute atomic E-state index is 0.175. The Labute approximate surface area is 161 Å². The maximum atomic E-state index is 12.1. The van der Waals surface area contributed by atoms with E-state index in [4.69, 9.17) is 20.3 Å². The number of aliphatic hydroxyl groups is 2. The number of ether oxygens (including phenoxy) is 1. The zero-order valence-electron chi connectivity index (χ0n) is 14.0. The Morgan fingerprint density at radius 1 is 1.24 bits per heavy atom. The van der Waals surface area contributed by atoms with Gasteiger partial charge in [-0.25, -0.2) is 18.5 Å². The lowest BCUT2D eigenvalue weighted by Gasteiger charge is -2.25. The Balaban J connectivity index is 2.31. The molecule has 2 rings (SSSR count). The quantitative estimate of drug-likeness (QED) is 0.176. The fourth-order valence-electron chi connectivity index (χ4n) is 2.34. The van der Waals surface area contributed by atoms with Crippen molar-refractivity contribution in [3.05, 3.63) is 22.7 Å². The van der Waals surface area contributed by atoms with Crippen LogP contribution in [-0.2, 0) is 27.3 Å². The maximum Gasteiger partial charge on any atom is 0.477 e. The summed E-state index contributed by atoms with van der Waals surface area (Å²) in [4.78, 5) is 52.5. The van der Waals surface area contributed by atoms with Gasteiger partial charge in [0.2, 0.25) is 0 Å². The first kappa shape index (κ1) is 24.2. The average Bonchev–Trinajstić information content (AvgIpc) is 2.79. The lowest BCUT2D eigenvalue weighted by molar-refractivity contribution is -0.0530. The van der Waals surface area contributed by atoms with E-state index in [0.717, 1.165) is 17.1 Å². The van der Waals surface area contributed by atoms with Crippen LogP contribution in [0.15, 0.2) is 17.1 Å². The predicted molar refractivity (Wildman–Crippen MR) is 90.7 cm³/mol. The van der Waals surface area contributed by atoms with Crippen molar-refractivity contribution in [1.82, 2.24) is 14.4 Å². The summed E-state index contributed by atoms with van der Waals surface area (Å²) >= 11 is 0. The number of nitrogens with zero attached hydrogens (tertiary/aromatic N) is 2. The van der Waals surface area contributed by atoms with Gasteiger partial charge >= 0.3 is 29.0 Å². The van der Waals surface area contributed by atoms with Crippen LogP contribution in [-0.4, -0.2) is 64.3 Å². The molecule has 29 heavy (non-hydrogen) atoms. The van der Waals surface area contributed by atoms with Crippen molar-refractivity contribution in [3.63, 3.8) is 0 Å². The third-order valence-electron chi connectivity index (χ3n) is 3.35. The highest BCUT2D eigenvalue weighted by Gasteiger charge is 2.50. The molecular formula is C9H17N4O13P3. The number of aliphatic hydroxyl groups excluding tert-OH is 2. The van der Waals surface area contributed by atoms with E-state index in [1.807, 2.05) is 0 Å². The van der Waals surface area contributed by atoms with E-state index in [0.29, 0.717) is 4.57 Å². The van der Waals surface area contributed by atoms with Crippen molar-refractivity contribution in [3.8, 4) is 0 Å². The maximum absolute atomic E-state index is 12.1. The number of nitrogen functional groups attached to an aromatic ring is 1. The summed E-state index contributed by atoms with van der Waals surface area (Å²) in [5.74, 6) is -0.175. The number of nitrogens with two attached hydrogens (primary N) is 1. The van der Waals surface area contributed by atoms with E-state index in [2.05, 4.69) is 13.8 Å². The second kappa shape index (κ2) is 8.61. The molecule has 1 aromatic rings. The number of hydrogen-bond donors (Lipinski definition) is 8. The molecule has 0 spiro atoms. The second-order valence-electron chi connectivity index (χ2n) is 5.56. The molecule has 1 fully saturated rings. The Hall–Kier alpha value is -1.03. The molecule has 0 aliphatic carbocycles. The van der Waals surface area contributed by atoms with Crippen molar-refractivity contribution in [2.75, 3.05) is 12.3 Å². The first-order valence-electron chi connectivity index (χ1n) is 7.33. The fraction of sp³-hybridized carbons (Fsp3) is 0.556. The van der Waals surface area contributed by atoms with Crippen LogP contribution in [0, 0.1) is 0 Å². The lowest BCUT2D eigenvalue weighted by atomic mass is 10.1. The van der Waals surface area contributed by atoms with E-state index in [1.54, 1.807) is 0 Å². The van der Waals surface area contributed by atoms with Gasteiger partial charge in [-0.1, -0.05) is 0 Å². The Bertz CT molecular complexity index is 948. The molecule has 166 valence electrons. The minimum Gasteiger partial charge on any atom is -0.394 e. The van der Waals surface area contributed by atoms with Gasteiger partial charge in [0, 0.05) is 6.20 Å². The highest BCUT2D eigenvalue weighted by atomic mass is 31.3. The molecule has 2 heterocycles. The van der Waals surface area contributed by atoms with Crippen LogP contribution in [0.3, 0.4) is 0 Å². The average molecular weight is 482 g/mol. The van der Waals surface area contributed by atoms with Crippen LogP contribution in [0.4, 0.5) is 5.82 Å². The molecule has 1 aliphatic rings. The number of rotatable bonds is 8. The van der Waals surface area contributed by atoms with Gasteiger partial charge in [0.25, 0.3) is 0 Å². The summed E-state index contributed by atoms with van der Waals surface area (Å²) in [6.45, 7) is -0.808. The molecule has 1 saturated heterocycles. The predicted octanol–water partition coefficient (Wildman–Crippen LogP) is -2.64. The molecule has 9 N–H and O–H groups in total. The van der Waals surface area contributed by atoms with Gasteiger partial charge < -0.3 is 40.3 Å².